The van der Waals surface area contributed by atoms with Gasteiger partial charge < -0.3 is 10.1 Å². The number of hydrogen-bond acceptors (Lipinski definition) is 4. The largest absolute Gasteiger partial charge is 0.462 e. The molecule has 0 fully saturated rings. The van der Waals surface area contributed by atoms with Gasteiger partial charge in [0.1, 0.15) is 0 Å². The minimum atomic E-state index is -2.67. The van der Waals surface area contributed by atoms with Crippen molar-refractivity contribution >= 4 is 64.7 Å². The molecule has 244 valence electrons. The fraction of sp³-hybridized carbons (Fsp3) is 0.150. The number of nitrogens with zero attached hydrogens (tertiary/aromatic N) is 1. The molecule has 5 rings (SSSR count). The summed E-state index contributed by atoms with van der Waals surface area (Å²) in [4.78, 5) is 27.1. The summed E-state index contributed by atoms with van der Waals surface area (Å²) in [6, 6.07) is 50.6. The summed E-state index contributed by atoms with van der Waals surface area (Å²) in [6.45, 7) is 1.15. The molecule has 0 bridgehead atoms. The van der Waals surface area contributed by atoms with Gasteiger partial charge >= 0.3 is 12.0 Å². The monoisotopic (exact) mass is 673 g/mol. The molecule has 5 aromatic rings. The Labute approximate surface area is 285 Å². The topological polar surface area (TPSA) is 79.8 Å². The maximum Gasteiger partial charge on any atom is 0.340 e. The van der Waals surface area contributed by atoms with E-state index in [-0.39, 0.29) is 6.61 Å². The van der Waals surface area contributed by atoms with Crippen molar-refractivity contribution in [2.24, 2.45) is 5.10 Å². The van der Waals surface area contributed by atoms with Crippen molar-refractivity contribution in [2.75, 3.05) is 24.2 Å². The molecule has 2 N–H and O–H groups in total. The maximum atomic E-state index is 14.2. The number of hydrazone groups is 1. The number of esters is 1. The van der Waals surface area contributed by atoms with Gasteiger partial charge in [0.25, 0.3) is 0 Å². The molecular weight excluding hydrogens is 632 g/mol. The van der Waals surface area contributed by atoms with Crippen LogP contribution >= 0.6 is 14.8 Å². The molecule has 0 aliphatic carbocycles. The first-order valence-corrected chi connectivity index (χ1v) is 19.6. The van der Waals surface area contributed by atoms with Crippen LogP contribution in [0.4, 0.5) is 10.5 Å². The van der Waals surface area contributed by atoms with Gasteiger partial charge in [-0.3, -0.25) is 0 Å². The first-order chi connectivity index (χ1) is 23.5. The van der Waals surface area contributed by atoms with E-state index in [9.17, 15) is 9.59 Å². The van der Waals surface area contributed by atoms with Crippen LogP contribution in [0.15, 0.2) is 157 Å². The van der Waals surface area contributed by atoms with Crippen molar-refractivity contribution in [1.29, 1.82) is 0 Å². The lowest BCUT2D eigenvalue weighted by atomic mass is 10.3. The molecule has 0 saturated heterocycles. The van der Waals surface area contributed by atoms with Gasteiger partial charge in [-0.2, -0.15) is 5.10 Å². The molecule has 0 saturated carbocycles. The Kier molecular flexibility index (Phi) is 12.5. The molecule has 2 amide bonds. The quantitative estimate of drug-likeness (QED) is 0.0606. The van der Waals surface area contributed by atoms with Gasteiger partial charge in [-0.05, 0) is 80.8 Å². The number of para-hydroxylation sites is 1. The second-order valence-electron chi connectivity index (χ2n) is 11.1. The molecule has 0 spiro atoms. The van der Waals surface area contributed by atoms with Gasteiger partial charge in [0.05, 0.1) is 17.6 Å². The standard InChI is InChI=1S/C40H41N3O3P2/c1-3-46-39(44)38(32(2)42-43-40(45)41-33-20-9-4-10-21-33)48(36-26-15-7-16-27-36,37-28-17-8-18-29-37)31-19-30-47(34-22-11-5-12-23-34)35-24-13-6-14-25-35/h4-18,20-29H,3,19,30-31H2,1-2H3,(H2,41,43,45)/b42-32+. The van der Waals surface area contributed by atoms with E-state index in [0.29, 0.717) is 16.7 Å². The first-order valence-electron chi connectivity index (χ1n) is 16.1. The SMILES string of the molecule is CCOC(=O)C(/C(C)=N/NC(=O)Nc1ccccc1)=P(CCCP(c1ccccc1)c1ccccc1)(c1ccccc1)c1ccccc1. The molecular formula is C40H41N3O3P2. The highest BCUT2D eigenvalue weighted by Gasteiger charge is 2.34. The van der Waals surface area contributed by atoms with Crippen molar-refractivity contribution in [1.82, 2.24) is 5.43 Å². The highest BCUT2D eigenvalue weighted by Crippen LogP contribution is 2.49. The Morgan fingerprint density at radius 2 is 1.15 bits per heavy atom. The Morgan fingerprint density at radius 1 is 0.688 bits per heavy atom. The fourth-order valence-electron chi connectivity index (χ4n) is 5.88. The van der Waals surface area contributed by atoms with E-state index < -0.39 is 26.8 Å². The Bertz CT molecular complexity index is 1770. The predicted molar refractivity (Wildman–Crippen MR) is 206 cm³/mol. The zero-order chi connectivity index (χ0) is 33.6. The summed E-state index contributed by atoms with van der Waals surface area (Å²) in [5.74, 6) is -0.418. The lowest BCUT2D eigenvalue weighted by molar-refractivity contribution is -0.134. The zero-order valence-electron chi connectivity index (χ0n) is 27.3. The molecule has 5 aromatic carbocycles. The van der Waals surface area contributed by atoms with E-state index in [1.807, 2.05) is 61.5 Å². The third-order valence-electron chi connectivity index (χ3n) is 7.95. The molecule has 0 heterocycles. The van der Waals surface area contributed by atoms with E-state index in [1.165, 1.54) is 10.6 Å². The molecule has 0 aromatic heterocycles. The Hall–Kier alpha value is -4.76. The molecule has 0 radical (unpaired) electrons. The van der Waals surface area contributed by atoms with Crippen LogP contribution in [0.3, 0.4) is 0 Å². The summed E-state index contributed by atoms with van der Waals surface area (Å²) in [7, 11) is -0.641. The van der Waals surface area contributed by atoms with Gasteiger partial charge in [-0.25, -0.2) is 15.0 Å². The van der Waals surface area contributed by atoms with Crippen LogP contribution in [0.5, 0.6) is 0 Å². The number of amides is 2. The van der Waals surface area contributed by atoms with E-state index in [4.69, 9.17) is 4.74 Å². The van der Waals surface area contributed by atoms with Crippen LogP contribution in [0.1, 0.15) is 20.3 Å². The summed E-state index contributed by atoms with van der Waals surface area (Å²) < 4.78 is 5.79. The molecule has 0 aliphatic heterocycles. The number of hydrogen-bond donors (Lipinski definition) is 2. The molecule has 48 heavy (non-hydrogen) atoms. The number of rotatable bonds is 13. The van der Waals surface area contributed by atoms with Crippen LogP contribution in [0, 0.1) is 0 Å². The number of benzene rings is 5. The minimum absolute atomic E-state index is 0.217. The number of carbonyl (C=O) groups excluding carboxylic acids is 2. The average molecular weight is 674 g/mol. The van der Waals surface area contributed by atoms with Crippen molar-refractivity contribution in [3.63, 3.8) is 0 Å². The minimum Gasteiger partial charge on any atom is -0.462 e. The molecule has 6 nitrogen and oxygen atoms in total. The second kappa shape index (κ2) is 17.4. The Balaban J connectivity index is 1.63. The summed E-state index contributed by atoms with van der Waals surface area (Å²) in [5, 5.41) is 12.6. The van der Waals surface area contributed by atoms with E-state index in [0.717, 1.165) is 29.4 Å². The van der Waals surface area contributed by atoms with Gasteiger partial charge in [0, 0.05) is 5.69 Å². The van der Waals surface area contributed by atoms with Gasteiger partial charge in [-0.15, -0.1) is 0 Å². The maximum absolute atomic E-state index is 14.2. The second-order valence-corrected chi connectivity index (χ2v) is 17.0. The predicted octanol–water partition coefficient (Wildman–Crippen LogP) is 7.11. The third-order valence-corrected chi connectivity index (χ3v) is 15.2. The van der Waals surface area contributed by atoms with Crippen molar-refractivity contribution in [3.05, 3.63) is 152 Å². The van der Waals surface area contributed by atoms with E-state index >= 15 is 0 Å². The van der Waals surface area contributed by atoms with Crippen LogP contribution in [-0.2, 0) is 9.53 Å². The number of carbonyl (C=O) groups is 2. The lowest BCUT2D eigenvalue weighted by Crippen LogP contribution is -2.36. The van der Waals surface area contributed by atoms with Crippen molar-refractivity contribution in [2.45, 2.75) is 20.3 Å². The Morgan fingerprint density at radius 3 is 1.62 bits per heavy atom. The first kappa shape index (κ1) is 34.6. The summed E-state index contributed by atoms with van der Waals surface area (Å²) in [5.41, 5.74) is 3.69. The van der Waals surface area contributed by atoms with Crippen molar-refractivity contribution in [3.8, 4) is 0 Å². The van der Waals surface area contributed by atoms with Crippen LogP contribution < -0.4 is 32.0 Å². The molecule has 0 aliphatic rings. The van der Waals surface area contributed by atoms with E-state index in [1.54, 1.807) is 19.1 Å². The number of urea groups is 1. The smallest absolute Gasteiger partial charge is 0.340 e. The van der Waals surface area contributed by atoms with Crippen LogP contribution in [-0.4, -0.2) is 41.9 Å². The summed E-state index contributed by atoms with van der Waals surface area (Å²) >= 11 is 0. The van der Waals surface area contributed by atoms with Crippen molar-refractivity contribution < 1.29 is 14.3 Å². The van der Waals surface area contributed by atoms with Crippen LogP contribution in [0.25, 0.3) is 0 Å². The molecule has 0 unspecified atom stereocenters. The van der Waals surface area contributed by atoms with E-state index in [2.05, 4.69) is 101 Å². The summed E-state index contributed by atoms with van der Waals surface area (Å²) in [6.07, 6.45) is 2.51. The highest BCUT2D eigenvalue weighted by molar-refractivity contribution is 7.92. The normalized spacial score (nSPS) is 11.5. The zero-order valence-corrected chi connectivity index (χ0v) is 29.1. The van der Waals surface area contributed by atoms with Gasteiger partial charge in [-0.1, -0.05) is 140 Å². The highest BCUT2D eigenvalue weighted by atomic mass is 31.2. The fourth-order valence-corrected chi connectivity index (χ4v) is 13.0. The van der Waals surface area contributed by atoms with Gasteiger partial charge in [0.15, 0.2) is 0 Å². The third kappa shape index (κ3) is 8.58. The average Bonchev–Trinajstić information content (AvgIpc) is 3.14. The number of nitrogens with one attached hydrogen (secondary N) is 2. The van der Waals surface area contributed by atoms with Gasteiger partial charge in [0.2, 0.25) is 0 Å². The lowest BCUT2D eigenvalue weighted by Gasteiger charge is -2.32. The number of anilines is 1. The molecule has 0 atom stereocenters. The van der Waals surface area contributed by atoms with Crippen LogP contribution in [0.2, 0.25) is 0 Å². The number of ether oxygens (including phenoxy) is 1. The molecule has 8 heteroatoms.